The Balaban J connectivity index is 1.20. The van der Waals surface area contributed by atoms with E-state index in [0.29, 0.717) is 5.82 Å². The summed E-state index contributed by atoms with van der Waals surface area (Å²) < 4.78 is 9.29. The minimum atomic E-state index is 0.651. The lowest BCUT2D eigenvalue weighted by atomic mass is 9.96. The molecule has 10 aromatic rings. The third-order valence-electron chi connectivity index (χ3n) is 9.42. The Labute approximate surface area is 292 Å². The van der Waals surface area contributed by atoms with E-state index in [1.54, 1.807) is 0 Å². The number of hydrogen-bond acceptors (Lipinski definition) is 5. The molecule has 50 heavy (non-hydrogen) atoms. The van der Waals surface area contributed by atoms with E-state index in [4.69, 9.17) is 14.4 Å². The molecule has 0 bridgehead atoms. The summed E-state index contributed by atoms with van der Waals surface area (Å²) in [6, 6.07) is 52.9. The predicted octanol–water partition coefficient (Wildman–Crippen LogP) is 12.5. The van der Waals surface area contributed by atoms with Crippen LogP contribution in [0.15, 0.2) is 168 Å². The second-order valence-electron chi connectivity index (χ2n) is 12.4. The fourth-order valence-corrected chi connectivity index (χ4v) is 8.10. The van der Waals surface area contributed by atoms with Crippen LogP contribution in [0, 0.1) is 0 Å². The molecule has 0 fully saturated rings. The highest BCUT2D eigenvalue weighted by atomic mass is 32.1. The molecular weight excluding hydrogens is 631 g/mol. The Morgan fingerprint density at radius 1 is 0.440 bits per heavy atom. The summed E-state index contributed by atoms with van der Waals surface area (Å²) >= 11 is 1.83. The van der Waals surface area contributed by atoms with Crippen molar-refractivity contribution in [3.05, 3.63) is 164 Å². The fraction of sp³-hybridized carbons (Fsp3) is 0. The molecule has 0 unspecified atom stereocenters. The number of thiophene rings is 1. The second-order valence-corrected chi connectivity index (χ2v) is 13.5. The first-order valence-electron chi connectivity index (χ1n) is 16.6. The predicted molar refractivity (Wildman–Crippen MR) is 207 cm³/mol. The summed E-state index contributed by atoms with van der Waals surface area (Å²) in [5, 5.41) is 4.58. The molecule has 0 saturated heterocycles. The molecule has 4 nitrogen and oxygen atoms in total. The number of fused-ring (bicyclic) bond motifs is 6. The topological polar surface area (TPSA) is 51.8 Å². The quantitative estimate of drug-likeness (QED) is 0.185. The lowest BCUT2D eigenvalue weighted by Crippen LogP contribution is -1.97. The average molecular weight is 658 g/mol. The monoisotopic (exact) mass is 657 g/mol. The van der Waals surface area contributed by atoms with E-state index in [-0.39, 0.29) is 0 Å². The molecule has 0 atom stereocenters. The van der Waals surface area contributed by atoms with Crippen LogP contribution in [-0.2, 0) is 0 Å². The zero-order valence-electron chi connectivity index (χ0n) is 26.7. The van der Waals surface area contributed by atoms with Crippen molar-refractivity contribution in [1.29, 1.82) is 0 Å². The molecule has 10 rings (SSSR count). The molecule has 0 saturated carbocycles. The molecule has 234 valence electrons. The zero-order valence-corrected chi connectivity index (χ0v) is 27.6. The van der Waals surface area contributed by atoms with E-state index in [1.165, 1.54) is 20.2 Å². The van der Waals surface area contributed by atoms with E-state index in [9.17, 15) is 0 Å². The number of nitrogens with zero attached hydrogens (tertiary/aromatic N) is 3. The van der Waals surface area contributed by atoms with Gasteiger partial charge in [0.25, 0.3) is 0 Å². The van der Waals surface area contributed by atoms with Gasteiger partial charge in [-0.25, -0.2) is 9.97 Å². The first kappa shape index (κ1) is 28.6. The molecule has 0 radical (unpaired) electrons. The van der Waals surface area contributed by atoms with Gasteiger partial charge in [0.2, 0.25) is 0 Å². The maximum Gasteiger partial charge on any atom is 0.161 e. The number of benzene rings is 6. The highest BCUT2D eigenvalue weighted by Crippen LogP contribution is 2.43. The first-order valence-corrected chi connectivity index (χ1v) is 17.4. The lowest BCUT2D eigenvalue weighted by molar-refractivity contribution is 0.670. The van der Waals surface area contributed by atoms with Gasteiger partial charge in [-0.05, 0) is 77.4 Å². The molecule has 4 aromatic heterocycles. The standard InChI is InChI=1S/C45H27N3OS/c1-2-9-29(10-3-1)38-27-39(32-12-8-11-30(25-32)28-21-23-46-24-22-28)48-45(47-38)36-19-18-33(44-43(36)35-14-4-6-15-40(35)49-44)31-17-20-42-37(26-31)34-13-5-7-16-41(34)50-42/h1-27H. The molecule has 0 N–H and O–H groups in total. The van der Waals surface area contributed by atoms with Crippen LogP contribution in [0.2, 0.25) is 0 Å². The Bertz CT molecular complexity index is 2870. The molecule has 0 spiro atoms. The van der Waals surface area contributed by atoms with Crippen molar-refractivity contribution >= 4 is 53.4 Å². The minimum Gasteiger partial charge on any atom is -0.455 e. The van der Waals surface area contributed by atoms with E-state index < -0.39 is 0 Å². The van der Waals surface area contributed by atoms with Crippen molar-refractivity contribution in [3.8, 4) is 56.2 Å². The number of para-hydroxylation sites is 1. The van der Waals surface area contributed by atoms with Gasteiger partial charge in [-0.3, -0.25) is 4.98 Å². The van der Waals surface area contributed by atoms with Gasteiger partial charge in [0, 0.05) is 65.6 Å². The van der Waals surface area contributed by atoms with Crippen molar-refractivity contribution < 1.29 is 4.42 Å². The molecular formula is C45H27N3OS. The SMILES string of the molecule is c1ccc(-c2cc(-c3cccc(-c4ccncc4)c3)nc(-c3ccc(-c4ccc5sc6ccccc6c5c4)c4oc5ccccc5c34)n2)cc1. The van der Waals surface area contributed by atoms with Crippen LogP contribution >= 0.6 is 11.3 Å². The van der Waals surface area contributed by atoms with Crippen LogP contribution in [0.5, 0.6) is 0 Å². The van der Waals surface area contributed by atoms with E-state index in [1.807, 2.05) is 66.2 Å². The largest absolute Gasteiger partial charge is 0.455 e. The Morgan fingerprint density at radius 2 is 1.14 bits per heavy atom. The molecule has 4 heterocycles. The number of pyridine rings is 1. The van der Waals surface area contributed by atoms with Gasteiger partial charge in [-0.1, -0.05) is 91.0 Å². The number of furan rings is 1. The summed E-state index contributed by atoms with van der Waals surface area (Å²) in [5.74, 6) is 0.651. The molecule has 5 heteroatoms. The summed E-state index contributed by atoms with van der Waals surface area (Å²) in [5.41, 5.74) is 10.7. The minimum absolute atomic E-state index is 0.651. The maximum absolute atomic E-state index is 6.72. The number of rotatable bonds is 5. The van der Waals surface area contributed by atoms with Crippen molar-refractivity contribution in [3.63, 3.8) is 0 Å². The van der Waals surface area contributed by atoms with Crippen LogP contribution in [0.3, 0.4) is 0 Å². The van der Waals surface area contributed by atoms with E-state index in [2.05, 4.69) is 114 Å². The van der Waals surface area contributed by atoms with Gasteiger partial charge >= 0.3 is 0 Å². The summed E-state index contributed by atoms with van der Waals surface area (Å²) in [6.07, 6.45) is 3.65. The van der Waals surface area contributed by atoms with Gasteiger partial charge in [-0.2, -0.15) is 0 Å². The third-order valence-corrected chi connectivity index (χ3v) is 10.6. The number of hydrogen-bond donors (Lipinski definition) is 0. The van der Waals surface area contributed by atoms with Crippen LogP contribution < -0.4 is 0 Å². The number of aromatic nitrogens is 3. The van der Waals surface area contributed by atoms with Crippen molar-refractivity contribution in [2.24, 2.45) is 0 Å². The molecule has 0 amide bonds. The normalized spacial score (nSPS) is 11.6. The van der Waals surface area contributed by atoms with Gasteiger partial charge in [-0.15, -0.1) is 11.3 Å². The Hall–Kier alpha value is -6.43. The lowest BCUT2D eigenvalue weighted by Gasteiger charge is -2.12. The highest BCUT2D eigenvalue weighted by molar-refractivity contribution is 7.25. The first-order chi connectivity index (χ1) is 24.8. The van der Waals surface area contributed by atoms with Crippen molar-refractivity contribution in [2.45, 2.75) is 0 Å². The molecule has 0 aliphatic rings. The van der Waals surface area contributed by atoms with Crippen molar-refractivity contribution in [2.75, 3.05) is 0 Å². The van der Waals surface area contributed by atoms with Gasteiger partial charge < -0.3 is 4.42 Å². The van der Waals surface area contributed by atoms with Crippen LogP contribution in [0.25, 0.3) is 98.3 Å². The maximum atomic E-state index is 6.72. The average Bonchev–Trinajstić information content (AvgIpc) is 3.77. The Kier molecular flexibility index (Phi) is 6.64. The van der Waals surface area contributed by atoms with Crippen LogP contribution in [0.4, 0.5) is 0 Å². The van der Waals surface area contributed by atoms with Gasteiger partial charge in [0.15, 0.2) is 5.82 Å². The zero-order chi connectivity index (χ0) is 33.0. The smallest absolute Gasteiger partial charge is 0.161 e. The van der Waals surface area contributed by atoms with Gasteiger partial charge in [0.1, 0.15) is 11.2 Å². The summed E-state index contributed by atoms with van der Waals surface area (Å²) in [4.78, 5) is 14.7. The van der Waals surface area contributed by atoms with Gasteiger partial charge in [0.05, 0.1) is 11.4 Å². The second kappa shape index (κ2) is 11.6. The molecule has 0 aliphatic carbocycles. The third kappa shape index (κ3) is 4.79. The highest BCUT2D eigenvalue weighted by Gasteiger charge is 2.21. The van der Waals surface area contributed by atoms with E-state index in [0.717, 1.165) is 72.3 Å². The molecule has 0 aliphatic heterocycles. The summed E-state index contributed by atoms with van der Waals surface area (Å²) in [6.45, 7) is 0. The van der Waals surface area contributed by atoms with E-state index >= 15 is 0 Å². The Morgan fingerprint density at radius 3 is 2.02 bits per heavy atom. The summed E-state index contributed by atoms with van der Waals surface area (Å²) in [7, 11) is 0. The van der Waals surface area contributed by atoms with Crippen LogP contribution in [0.1, 0.15) is 0 Å². The van der Waals surface area contributed by atoms with Crippen molar-refractivity contribution in [1.82, 2.24) is 15.0 Å². The molecule has 6 aromatic carbocycles. The van der Waals surface area contributed by atoms with Crippen LogP contribution in [-0.4, -0.2) is 15.0 Å². The fourth-order valence-electron chi connectivity index (χ4n) is 7.01.